The van der Waals surface area contributed by atoms with E-state index >= 15 is 0 Å². The normalized spacial score (nSPS) is 12.9. The minimum absolute atomic E-state index is 0.294. The van der Waals surface area contributed by atoms with Crippen molar-refractivity contribution in [3.8, 4) is 0 Å². The van der Waals surface area contributed by atoms with Gasteiger partial charge in [0.15, 0.2) is 0 Å². The highest BCUT2D eigenvalue weighted by Gasteiger charge is 2.18. The molecular weight excluding hydrogens is 304 g/mol. The lowest BCUT2D eigenvalue weighted by Crippen LogP contribution is -2.16. The zero-order chi connectivity index (χ0) is 18.0. The lowest BCUT2D eigenvalue weighted by molar-refractivity contribution is -0.148. The van der Waals surface area contributed by atoms with Gasteiger partial charge in [-0.05, 0) is 44.9 Å². The second kappa shape index (κ2) is 16.3. The van der Waals surface area contributed by atoms with Crippen LogP contribution in [-0.4, -0.2) is 22.2 Å². The average Bonchev–Trinajstić information content (AvgIpc) is 2.53. The predicted molar refractivity (Wildman–Crippen MR) is 98.1 cm³/mol. The van der Waals surface area contributed by atoms with Gasteiger partial charge in [0.25, 0.3) is 0 Å². The predicted octanol–water partition coefficient (Wildman–Crippen LogP) is 5.59. The fourth-order valence-electron chi connectivity index (χ4n) is 2.49. The van der Waals surface area contributed by atoms with Crippen LogP contribution < -0.4 is 0 Å². The summed E-state index contributed by atoms with van der Waals surface area (Å²) in [5.74, 6) is -2.92. The van der Waals surface area contributed by atoms with Crippen LogP contribution in [0.1, 0.15) is 84.0 Å². The maximum absolute atomic E-state index is 10.9. The van der Waals surface area contributed by atoms with Crippen LogP contribution in [0.4, 0.5) is 0 Å². The SMILES string of the molecule is CCCCCC/C=C/CCCCC/C=C/CC(CC(=O)O)C(=O)O. The third kappa shape index (κ3) is 15.3. The summed E-state index contributed by atoms with van der Waals surface area (Å²) < 4.78 is 0. The lowest BCUT2D eigenvalue weighted by Gasteiger charge is -2.05. The summed E-state index contributed by atoms with van der Waals surface area (Å²) in [6, 6.07) is 0. The summed E-state index contributed by atoms with van der Waals surface area (Å²) in [6.07, 6.45) is 20.3. The Morgan fingerprint density at radius 2 is 1.29 bits per heavy atom. The topological polar surface area (TPSA) is 74.6 Å². The summed E-state index contributed by atoms with van der Waals surface area (Å²) in [5, 5.41) is 17.6. The molecule has 0 fully saturated rings. The monoisotopic (exact) mass is 338 g/mol. The van der Waals surface area contributed by atoms with Crippen molar-refractivity contribution in [2.45, 2.75) is 84.0 Å². The number of hydrogen-bond donors (Lipinski definition) is 2. The quantitative estimate of drug-likeness (QED) is 0.284. The first-order chi connectivity index (χ1) is 11.6. The van der Waals surface area contributed by atoms with E-state index in [4.69, 9.17) is 10.2 Å². The van der Waals surface area contributed by atoms with E-state index in [0.717, 1.165) is 19.3 Å². The zero-order valence-corrected chi connectivity index (χ0v) is 15.1. The number of hydrogen-bond acceptors (Lipinski definition) is 2. The molecule has 138 valence electrons. The molecule has 0 rings (SSSR count). The van der Waals surface area contributed by atoms with E-state index in [9.17, 15) is 9.59 Å². The minimum Gasteiger partial charge on any atom is -0.481 e. The maximum Gasteiger partial charge on any atom is 0.307 e. The number of aliphatic carboxylic acids is 2. The van der Waals surface area contributed by atoms with E-state index in [1.807, 2.05) is 6.08 Å². The molecule has 0 aromatic rings. The van der Waals surface area contributed by atoms with Crippen LogP contribution in [0.3, 0.4) is 0 Å². The van der Waals surface area contributed by atoms with Crippen molar-refractivity contribution < 1.29 is 19.8 Å². The van der Waals surface area contributed by atoms with E-state index in [1.54, 1.807) is 6.08 Å². The molecule has 4 heteroatoms. The molecule has 0 aliphatic rings. The van der Waals surface area contributed by atoms with Crippen molar-refractivity contribution in [3.05, 3.63) is 24.3 Å². The van der Waals surface area contributed by atoms with Gasteiger partial charge in [-0.15, -0.1) is 0 Å². The van der Waals surface area contributed by atoms with Crippen molar-refractivity contribution in [2.75, 3.05) is 0 Å². The molecule has 0 aliphatic heterocycles. The van der Waals surface area contributed by atoms with Crippen molar-refractivity contribution in [1.29, 1.82) is 0 Å². The molecule has 1 atom stereocenters. The molecule has 0 radical (unpaired) electrons. The third-order valence-electron chi connectivity index (χ3n) is 3.99. The van der Waals surface area contributed by atoms with Crippen LogP contribution in [0.15, 0.2) is 24.3 Å². The van der Waals surface area contributed by atoms with Gasteiger partial charge >= 0.3 is 11.9 Å². The van der Waals surface area contributed by atoms with Gasteiger partial charge in [0.05, 0.1) is 12.3 Å². The van der Waals surface area contributed by atoms with Gasteiger partial charge in [-0.2, -0.15) is 0 Å². The third-order valence-corrected chi connectivity index (χ3v) is 3.99. The first-order valence-electron chi connectivity index (χ1n) is 9.32. The zero-order valence-electron chi connectivity index (χ0n) is 15.1. The number of allylic oxidation sites excluding steroid dienone is 4. The van der Waals surface area contributed by atoms with E-state index in [-0.39, 0.29) is 6.42 Å². The molecule has 4 nitrogen and oxygen atoms in total. The van der Waals surface area contributed by atoms with Crippen LogP contribution in [0, 0.1) is 5.92 Å². The van der Waals surface area contributed by atoms with Gasteiger partial charge < -0.3 is 10.2 Å². The molecule has 0 aromatic heterocycles. The number of carboxylic acids is 2. The second-order valence-corrected chi connectivity index (χ2v) is 6.30. The Morgan fingerprint density at radius 1 is 0.792 bits per heavy atom. The smallest absolute Gasteiger partial charge is 0.307 e. The van der Waals surface area contributed by atoms with Gasteiger partial charge in [-0.3, -0.25) is 9.59 Å². The average molecular weight is 338 g/mol. The molecule has 2 N–H and O–H groups in total. The van der Waals surface area contributed by atoms with E-state index < -0.39 is 17.9 Å². The Hall–Kier alpha value is -1.58. The second-order valence-electron chi connectivity index (χ2n) is 6.30. The standard InChI is InChI=1S/C20H34O4/c1-2-3-4-5-6-7-8-9-10-11-12-13-14-15-16-18(20(23)24)17-19(21)22/h7-8,14-15,18H,2-6,9-13,16-17H2,1H3,(H,21,22)(H,23,24)/b8-7+,15-14+. The largest absolute Gasteiger partial charge is 0.481 e. The molecule has 24 heavy (non-hydrogen) atoms. The number of rotatable bonds is 16. The van der Waals surface area contributed by atoms with Crippen molar-refractivity contribution in [2.24, 2.45) is 5.92 Å². The molecule has 0 aromatic carbocycles. The minimum atomic E-state index is -1.06. The van der Waals surface area contributed by atoms with Crippen LogP contribution in [0.25, 0.3) is 0 Å². The van der Waals surface area contributed by atoms with Gasteiger partial charge in [0, 0.05) is 0 Å². The molecule has 0 amide bonds. The summed E-state index contributed by atoms with van der Waals surface area (Å²) in [4.78, 5) is 21.5. The Balaban J connectivity index is 3.53. The summed E-state index contributed by atoms with van der Waals surface area (Å²) in [6.45, 7) is 2.23. The Kier molecular flexibility index (Phi) is 15.2. The fraction of sp³-hybridized carbons (Fsp3) is 0.700. The fourth-order valence-corrected chi connectivity index (χ4v) is 2.49. The van der Waals surface area contributed by atoms with Crippen LogP contribution in [0.2, 0.25) is 0 Å². The van der Waals surface area contributed by atoms with Gasteiger partial charge in [-0.25, -0.2) is 0 Å². The first-order valence-corrected chi connectivity index (χ1v) is 9.32. The number of carbonyl (C=O) groups is 2. The van der Waals surface area contributed by atoms with Crippen LogP contribution in [-0.2, 0) is 9.59 Å². The molecule has 1 unspecified atom stereocenters. The first kappa shape index (κ1) is 22.4. The number of carboxylic acid groups (broad SMARTS) is 2. The number of unbranched alkanes of at least 4 members (excludes halogenated alkanes) is 8. The van der Waals surface area contributed by atoms with E-state index in [2.05, 4.69) is 19.1 Å². The van der Waals surface area contributed by atoms with Gasteiger partial charge in [0.1, 0.15) is 0 Å². The highest BCUT2D eigenvalue weighted by Crippen LogP contribution is 2.11. The molecular formula is C20H34O4. The van der Waals surface area contributed by atoms with Gasteiger partial charge in [0.2, 0.25) is 0 Å². The van der Waals surface area contributed by atoms with Crippen molar-refractivity contribution in [3.63, 3.8) is 0 Å². The highest BCUT2D eigenvalue weighted by molar-refractivity contribution is 5.77. The molecule has 0 heterocycles. The Bertz CT molecular complexity index is 385. The molecule has 0 saturated carbocycles. The van der Waals surface area contributed by atoms with Gasteiger partial charge in [-0.1, -0.05) is 56.9 Å². The molecule has 0 bridgehead atoms. The Labute approximate surface area is 146 Å². The van der Waals surface area contributed by atoms with E-state index in [0.29, 0.717) is 6.42 Å². The lowest BCUT2D eigenvalue weighted by atomic mass is 10.0. The van der Waals surface area contributed by atoms with Crippen LogP contribution >= 0.6 is 0 Å². The molecule has 0 aliphatic carbocycles. The summed E-state index contributed by atoms with van der Waals surface area (Å²) in [5.41, 5.74) is 0. The molecule has 0 saturated heterocycles. The van der Waals surface area contributed by atoms with Crippen LogP contribution in [0.5, 0.6) is 0 Å². The summed E-state index contributed by atoms with van der Waals surface area (Å²) in [7, 11) is 0. The van der Waals surface area contributed by atoms with E-state index in [1.165, 1.54) is 44.9 Å². The molecule has 0 spiro atoms. The van der Waals surface area contributed by atoms with Crippen molar-refractivity contribution in [1.82, 2.24) is 0 Å². The Morgan fingerprint density at radius 3 is 1.75 bits per heavy atom. The van der Waals surface area contributed by atoms with Crippen molar-refractivity contribution >= 4 is 11.9 Å². The highest BCUT2D eigenvalue weighted by atomic mass is 16.4. The summed E-state index contributed by atoms with van der Waals surface area (Å²) >= 11 is 0. The maximum atomic E-state index is 10.9.